The summed E-state index contributed by atoms with van der Waals surface area (Å²) in [5.41, 5.74) is 3.02. The number of nitriles is 1. The highest BCUT2D eigenvalue weighted by Crippen LogP contribution is 2.19. The fourth-order valence-corrected chi connectivity index (χ4v) is 1.79. The standard InChI is InChI=1S/C16H21N3O2/c1-16(2,10-7-11-17)12-18-19-15(20)14(21-3)13-8-5-4-6-9-13/h4-6,8-9,12,14H,7,10H2,1-3H3,(H,19,20)/b18-12-/t14-/m1/s1. The summed E-state index contributed by atoms with van der Waals surface area (Å²) in [5.74, 6) is -0.323. The molecule has 1 aromatic carbocycles. The van der Waals surface area contributed by atoms with E-state index in [-0.39, 0.29) is 11.3 Å². The molecule has 0 aromatic heterocycles. The number of amides is 1. The molecular formula is C16H21N3O2. The molecule has 5 nitrogen and oxygen atoms in total. The summed E-state index contributed by atoms with van der Waals surface area (Å²) >= 11 is 0. The Balaban J connectivity index is 2.62. The van der Waals surface area contributed by atoms with Crippen molar-refractivity contribution in [3.05, 3.63) is 35.9 Å². The van der Waals surface area contributed by atoms with Gasteiger partial charge in [0.2, 0.25) is 0 Å². The van der Waals surface area contributed by atoms with Crippen LogP contribution in [0.2, 0.25) is 0 Å². The molecule has 0 aliphatic heterocycles. The van der Waals surface area contributed by atoms with Crippen LogP contribution in [0.25, 0.3) is 0 Å². The lowest BCUT2D eigenvalue weighted by Crippen LogP contribution is -2.27. The fourth-order valence-electron chi connectivity index (χ4n) is 1.79. The van der Waals surface area contributed by atoms with Gasteiger partial charge in [-0.3, -0.25) is 4.79 Å². The van der Waals surface area contributed by atoms with Crippen LogP contribution >= 0.6 is 0 Å². The largest absolute Gasteiger partial charge is 0.367 e. The van der Waals surface area contributed by atoms with Crippen LogP contribution in [0.4, 0.5) is 0 Å². The Hall–Kier alpha value is -2.19. The van der Waals surface area contributed by atoms with Crippen molar-refractivity contribution in [2.45, 2.75) is 32.8 Å². The van der Waals surface area contributed by atoms with Gasteiger partial charge in [0.15, 0.2) is 6.10 Å². The summed E-state index contributed by atoms with van der Waals surface area (Å²) in [7, 11) is 1.48. The Morgan fingerprint density at radius 2 is 2.14 bits per heavy atom. The predicted molar refractivity (Wildman–Crippen MR) is 81.5 cm³/mol. The first-order valence-corrected chi connectivity index (χ1v) is 6.79. The predicted octanol–water partition coefficient (Wildman–Crippen LogP) is 2.81. The van der Waals surface area contributed by atoms with E-state index in [1.807, 2.05) is 44.2 Å². The van der Waals surface area contributed by atoms with Gasteiger partial charge >= 0.3 is 0 Å². The van der Waals surface area contributed by atoms with Crippen molar-refractivity contribution in [1.82, 2.24) is 5.43 Å². The summed E-state index contributed by atoms with van der Waals surface area (Å²) in [5, 5.41) is 12.6. The highest BCUT2D eigenvalue weighted by Gasteiger charge is 2.20. The van der Waals surface area contributed by atoms with Gasteiger partial charge in [-0.15, -0.1) is 0 Å². The van der Waals surface area contributed by atoms with E-state index in [4.69, 9.17) is 10.00 Å². The highest BCUT2D eigenvalue weighted by atomic mass is 16.5. The van der Waals surface area contributed by atoms with E-state index in [9.17, 15) is 4.79 Å². The third kappa shape index (κ3) is 5.76. The zero-order valence-corrected chi connectivity index (χ0v) is 12.7. The fraction of sp³-hybridized carbons (Fsp3) is 0.438. The van der Waals surface area contributed by atoms with Crippen LogP contribution < -0.4 is 5.43 Å². The summed E-state index contributed by atoms with van der Waals surface area (Å²) in [6.45, 7) is 3.93. The van der Waals surface area contributed by atoms with Gasteiger partial charge in [0, 0.05) is 25.2 Å². The third-order valence-corrected chi connectivity index (χ3v) is 3.05. The first-order valence-electron chi connectivity index (χ1n) is 6.79. The van der Waals surface area contributed by atoms with Gasteiger partial charge < -0.3 is 4.74 Å². The van der Waals surface area contributed by atoms with Crippen LogP contribution in [0.15, 0.2) is 35.4 Å². The molecule has 0 radical (unpaired) electrons. The van der Waals surface area contributed by atoms with Crippen LogP contribution in [0, 0.1) is 16.7 Å². The van der Waals surface area contributed by atoms with Crippen molar-refractivity contribution in [2.24, 2.45) is 10.5 Å². The number of hydrazone groups is 1. The maximum absolute atomic E-state index is 12.1. The first kappa shape index (κ1) is 16.9. The monoisotopic (exact) mass is 287 g/mol. The second kappa shape index (κ2) is 8.18. The number of hydrogen-bond acceptors (Lipinski definition) is 4. The molecule has 0 aliphatic rings. The van der Waals surface area contributed by atoms with Crippen molar-refractivity contribution in [3.8, 4) is 6.07 Å². The number of rotatable bonds is 7. The van der Waals surface area contributed by atoms with Crippen molar-refractivity contribution < 1.29 is 9.53 Å². The zero-order chi connectivity index (χ0) is 15.7. The zero-order valence-electron chi connectivity index (χ0n) is 12.7. The maximum atomic E-state index is 12.1. The Bertz CT molecular complexity index is 518. The summed E-state index contributed by atoms with van der Waals surface area (Å²) in [4.78, 5) is 12.1. The highest BCUT2D eigenvalue weighted by molar-refractivity contribution is 5.82. The Morgan fingerprint density at radius 3 is 2.71 bits per heavy atom. The molecule has 0 fully saturated rings. The Morgan fingerprint density at radius 1 is 1.48 bits per heavy atom. The van der Waals surface area contributed by atoms with E-state index in [0.717, 1.165) is 5.56 Å². The normalized spacial score (nSPS) is 12.9. The van der Waals surface area contributed by atoms with E-state index < -0.39 is 6.10 Å². The second-order valence-corrected chi connectivity index (χ2v) is 5.41. The van der Waals surface area contributed by atoms with Gasteiger partial charge in [0.25, 0.3) is 5.91 Å². The minimum atomic E-state index is -0.689. The van der Waals surface area contributed by atoms with Crippen molar-refractivity contribution in [1.29, 1.82) is 5.26 Å². The number of carbonyl (C=O) groups excluding carboxylic acids is 1. The summed E-state index contributed by atoms with van der Waals surface area (Å²) in [6.07, 6.45) is 2.11. The molecule has 0 bridgehead atoms. The van der Waals surface area contributed by atoms with Gasteiger partial charge in [-0.25, -0.2) is 5.43 Å². The van der Waals surface area contributed by atoms with Crippen LogP contribution in [-0.2, 0) is 9.53 Å². The number of ether oxygens (including phenoxy) is 1. The van der Waals surface area contributed by atoms with Gasteiger partial charge in [0.05, 0.1) is 6.07 Å². The molecule has 1 N–H and O–H groups in total. The third-order valence-electron chi connectivity index (χ3n) is 3.05. The molecular weight excluding hydrogens is 266 g/mol. The quantitative estimate of drug-likeness (QED) is 0.619. The first-order chi connectivity index (χ1) is 10.00. The maximum Gasteiger partial charge on any atom is 0.273 e. The number of methoxy groups -OCH3 is 1. The van der Waals surface area contributed by atoms with E-state index in [1.54, 1.807) is 6.21 Å². The molecule has 1 aromatic rings. The molecule has 1 atom stereocenters. The Kier molecular flexibility index (Phi) is 6.57. The lowest BCUT2D eigenvalue weighted by atomic mass is 9.90. The van der Waals surface area contributed by atoms with Crippen LogP contribution in [0.1, 0.15) is 38.4 Å². The molecule has 0 saturated heterocycles. The van der Waals surface area contributed by atoms with Crippen molar-refractivity contribution in [3.63, 3.8) is 0 Å². The molecule has 0 unspecified atom stereocenters. The minimum absolute atomic E-state index is 0.238. The average molecular weight is 287 g/mol. The molecule has 1 amide bonds. The molecule has 21 heavy (non-hydrogen) atoms. The average Bonchev–Trinajstić information content (AvgIpc) is 2.47. The summed E-state index contributed by atoms with van der Waals surface area (Å²) < 4.78 is 5.22. The van der Waals surface area contributed by atoms with Crippen LogP contribution in [0.5, 0.6) is 0 Å². The van der Waals surface area contributed by atoms with E-state index in [0.29, 0.717) is 12.8 Å². The van der Waals surface area contributed by atoms with Crippen LogP contribution in [0.3, 0.4) is 0 Å². The molecule has 0 heterocycles. The SMILES string of the molecule is CO[C@@H](C(=O)N/N=C\C(C)(C)CCC#N)c1ccccc1. The topological polar surface area (TPSA) is 74.5 Å². The van der Waals surface area contributed by atoms with E-state index >= 15 is 0 Å². The lowest BCUT2D eigenvalue weighted by molar-refractivity contribution is -0.131. The second-order valence-electron chi connectivity index (χ2n) is 5.41. The van der Waals surface area contributed by atoms with Gasteiger partial charge in [0.1, 0.15) is 0 Å². The van der Waals surface area contributed by atoms with Crippen molar-refractivity contribution in [2.75, 3.05) is 7.11 Å². The number of benzene rings is 1. The molecule has 0 saturated carbocycles. The lowest BCUT2D eigenvalue weighted by Gasteiger charge is -2.17. The van der Waals surface area contributed by atoms with Gasteiger partial charge in [-0.05, 0) is 12.0 Å². The van der Waals surface area contributed by atoms with Crippen LogP contribution in [-0.4, -0.2) is 19.2 Å². The molecule has 112 valence electrons. The Labute approximate surface area is 125 Å². The number of carbonyl (C=O) groups is 1. The molecule has 0 spiro atoms. The van der Waals surface area contributed by atoms with E-state index in [2.05, 4.69) is 16.6 Å². The van der Waals surface area contributed by atoms with E-state index in [1.165, 1.54) is 7.11 Å². The summed E-state index contributed by atoms with van der Waals surface area (Å²) in [6, 6.07) is 11.3. The molecule has 5 heteroatoms. The smallest absolute Gasteiger partial charge is 0.273 e. The number of hydrogen-bond donors (Lipinski definition) is 1. The molecule has 0 aliphatic carbocycles. The minimum Gasteiger partial charge on any atom is -0.367 e. The van der Waals surface area contributed by atoms with Gasteiger partial charge in [-0.1, -0.05) is 44.2 Å². The molecule has 1 rings (SSSR count). The number of nitrogens with one attached hydrogen (secondary N) is 1. The van der Waals surface area contributed by atoms with Crippen molar-refractivity contribution >= 4 is 12.1 Å². The van der Waals surface area contributed by atoms with Gasteiger partial charge in [-0.2, -0.15) is 10.4 Å². The number of nitrogens with zero attached hydrogens (tertiary/aromatic N) is 2.